The summed E-state index contributed by atoms with van der Waals surface area (Å²) in [5, 5.41) is 2.71. The molecule has 0 fully saturated rings. The summed E-state index contributed by atoms with van der Waals surface area (Å²) in [6, 6.07) is 5.42. The normalized spacial score (nSPS) is 11.6. The van der Waals surface area contributed by atoms with E-state index >= 15 is 0 Å². The van der Waals surface area contributed by atoms with Gasteiger partial charge in [-0.3, -0.25) is 0 Å². The number of para-hydroxylation sites is 1. The first-order valence-electron chi connectivity index (χ1n) is 5.52. The molecule has 0 radical (unpaired) electrons. The highest BCUT2D eigenvalue weighted by molar-refractivity contribution is 6.33. The lowest BCUT2D eigenvalue weighted by Crippen LogP contribution is -2.11. The van der Waals surface area contributed by atoms with E-state index in [1.54, 1.807) is 6.07 Å². The number of furan rings is 1. The van der Waals surface area contributed by atoms with Crippen LogP contribution in [0.4, 0.5) is 18.9 Å². The summed E-state index contributed by atoms with van der Waals surface area (Å²) in [6.07, 6.45) is -2.96. The van der Waals surface area contributed by atoms with E-state index in [2.05, 4.69) is 5.32 Å². The average molecular weight is 290 g/mol. The van der Waals surface area contributed by atoms with Gasteiger partial charge >= 0.3 is 6.18 Å². The van der Waals surface area contributed by atoms with Gasteiger partial charge in [0, 0.05) is 0 Å². The maximum Gasteiger partial charge on any atom is 0.418 e. The minimum Gasteiger partial charge on any atom is -0.467 e. The number of anilines is 1. The fraction of sp³-hybridized carbons (Fsp3) is 0.231. The monoisotopic (exact) mass is 289 g/mol. The van der Waals surface area contributed by atoms with Crippen LogP contribution in [0.15, 0.2) is 34.9 Å². The molecule has 0 amide bonds. The van der Waals surface area contributed by atoms with Crippen molar-refractivity contribution >= 4 is 17.3 Å². The molecule has 0 spiro atoms. The van der Waals surface area contributed by atoms with Gasteiger partial charge < -0.3 is 9.73 Å². The van der Waals surface area contributed by atoms with Crippen molar-refractivity contribution in [3.05, 3.63) is 52.4 Å². The zero-order valence-electron chi connectivity index (χ0n) is 10.0. The first-order valence-corrected chi connectivity index (χ1v) is 5.90. The van der Waals surface area contributed by atoms with Crippen LogP contribution in [0.25, 0.3) is 0 Å². The Kier molecular flexibility index (Phi) is 3.75. The van der Waals surface area contributed by atoms with Crippen LogP contribution in [0.5, 0.6) is 0 Å². The third-order valence-corrected chi connectivity index (χ3v) is 3.03. The van der Waals surface area contributed by atoms with Crippen LogP contribution >= 0.6 is 11.6 Å². The molecule has 0 aliphatic heterocycles. The Morgan fingerprint density at radius 2 is 2.00 bits per heavy atom. The Balaban J connectivity index is 2.27. The molecule has 19 heavy (non-hydrogen) atoms. The quantitative estimate of drug-likeness (QED) is 0.872. The van der Waals surface area contributed by atoms with Crippen LogP contribution in [0.1, 0.15) is 16.9 Å². The molecular formula is C13H11ClF3NO. The van der Waals surface area contributed by atoms with E-state index in [-0.39, 0.29) is 17.3 Å². The first-order chi connectivity index (χ1) is 8.89. The molecule has 0 saturated heterocycles. The number of alkyl halides is 3. The van der Waals surface area contributed by atoms with Crippen LogP contribution in [0.3, 0.4) is 0 Å². The van der Waals surface area contributed by atoms with Gasteiger partial charge in [0.05, 0.1) is 29.1 Å². The number of hydrogen-bond acceptors (Lipinski definition) is 2. The van der Waals surface area contributed by atoms with Crippen molar-refractivity contribution in [2.75, 3.05) is 5.32 Å². The van der Waals surface area contributed by atoms with Crippen LogP contribution in [-0.2, 0) is 12.7 Å². The van der Waals surface area contributed by atoms with E-state index in [0.717, 1.165) is 11.6 Å². The molecule has 0 saturated carbocycles. The van der Waals surface area contributed by atoms with E-state index in [1.165, 1.54) is 18.4 Å². The average Bonchev–Trinajstić information content (AvgIpc) is 2.72. The summed E-state index contributed by atoms with van der Waals surface area (Å²) in [7, 11) is 0. The third-order valence-electron chi connectivity index (χ3n) is 2.71. The second kappa shape index (κ2) is 5.17. The summed E-state index contributed by atoms with van der Waals surface area (Å²) in [5.74, 6) is 0.577. The van der Waals surface area contributed by atoms with E-state index in [4.69, 9.17) is 16.0 Å². The smallest absolute Gasteiger partial charge is 0.418 e. The molecule has 102 valence electrons. The second-order valence-corrected chi connectivity index (χ2v) is 4.45. The van der Waals surface area contributed by atoms with Crippen molar-refractivity contribution in [1.29, 1.82) is 0 Å². The van der Waals surface area contributed by atoms with Gasteiger partial charge in [0.25, 0.3) is 0 Å². The molecular weight excluding hydrogens is 279 g/mol. The highest BCUT2D eigenvalue weighted by Gasteiger charge is 2.34. The minimum absolute atomic E-state index is 0.0269. The largest absolute Gasteiger partial charge is 0.467 e. The Labute approximate surface area is 113 Å². The lowest BCUT2D eigenvalue weighted by atomic mass is 10.1. The molecule has 2 aromatic rings. The van der Waals surface area contributed by atoms with Crippen LogP contribution < -0.4 is 5.32 Å². The van der Waals surface area contributed by atoms with Gasteiger partial charge in [-0.2, -0.15) is 13.2 Å². The van der Waals surface area contributed by atoms with E-state index in [0.29, 0.717) is 5.76 Å². The van der Waals surface area contributed by atoms with Gasteiger partial charge in [-0.25, -0.2) is 0 Å². The van der Waals surface area contributed by atoms with Crippen molar-refractivity contribution in [1.82, 2.24) is 0 Å². The Morgan fingerprint density at radius 3 is 2.58 bits per heavy atom. The van der Waals surface area contributed by atoms with Crippen LogP contribution in [0.2, 0.25) is 5.02 Å². The molecule has 0 aliphatic carbocycles. The first kappa shape index (κ1) is 13.8. The summed E-state index contributed by atoms with van der Waals surface area (Å²) in [5.41, 5.74) is -0.0511. The highest BCUT2D eigenvalue weighted by atomic mass is 35.5. The zero-order valence-corrected chi connectivity index (χ0v) is 10.8. The molecule has 6 heteroatoms. The summed E-state index contributed by atoms with van der Waals surface area (Å²) in [6.45, 7) is 1.96. The lowest BCUT2D eigenvalue weighted by Gasteiger charge is -2.15. The van der Waals surface area contributed by atoms with Crippen molar-refractivity contribution < 1.29 is 17.6 Å². The summed E-state index contributed by atoms with van der Waals surface area (Å²) in [4.78, 5) is 0. The van der Waals surface area contributed by atoms with E-state index in [9.17, 15) is 13.2 Å². The number of aryl methyl sites for hydroxylation is 1. The molecule has 0 unspecified atom stereocenters. The number of nitrogens with one attached hydrogen (secondary N) is 1. The van der Waals surface area contributed by atoms with Gasteiger partial charge in [-0.05, 0) is 30.7 Å². The van der Waals surface area contributed by atoms with Crippen molar-refractivity contribution in [2.45, 2.75) is 19.6 Å². The number of benzene rings is 1. The number of hydrogen-bond donors (Lipinski definition) is 1. The Morgan fingerprint density at radius 1 is 1.26 bits per heavy atom. The molecule has 0 aliphatic rings. The third kappa shape index (κ3) is 3.04. The summed E-state index contributed by atoms with van der Waals surface area (Å²) < 4.78 is 43.7. The topological polar surface area (TPSA) is 25.2 Å². The highest BCUT2D eigenvalue weighted by Crippen LogP contribution is 2.38. The molecule has 1 heterocycles. The van der Waals surface area contributed by atoms with E-state index in [1.807, 2.05) is 6.92 Å². The molecule has 0 atom stereocenters. The van der Waals surface area contributed by atoms with Crippen LogP contribution in [0, 0.1) is 6.92 Å². The molecule has 1 N–H and O–H groups in total. The van der Waals surface area contributed by atoms with Gasteiger partial charge in [-0.15, -0.1) is 0 Å². The second-order valence-electron chi connectivity index (χ2n) is 4.04. The molecule has 2 nitrogen and oxygen atoms in total. The van der Waals surface area contributed by atoms with Crippen LogP contribution in [-0.4, -0.2) is 0 Å². The Hall–Kier alpha value is -1.62. The predicted octanol–water partition coefficient (Wildman–Crippen LogP) is 4.87. The van der Waals surface area contributed by atoms with Gasteiger partial charge in [0.15, 0.2) is 0 Å². The summed E-state index contributed by atoms with van der Waals surface area (Å²) >= 11 is 5.82. The maximum absolute atomic E-state index is 12.9. The molecule has 1 aromatic carbocycles. The van der Waals surface area contributed by atoms with Gasteiger partial charge in [0.2, 0.25) is 0 Å². The van der Waals surface area contributed by atoms with Crippen molar-refractivity contribution in [3.63, 3.8) is 0 Å². The lowest BCUT2D eigenvalue weighted by molar-refractivity contribution is -0.137. The maximum atomic E-state index is 12.9. The standard InChI is InChI=1S/C13H11ClF3NO/c1-8-5-6-19-11(8)7-18-12-9(13(15,16)17)3-2-4-10(12)14/h2-6,18H,7H2,1H3. The number of rotatable bonds is 3. The van der Waals surface area contributed by atoms with E-state index < -0.39 is 11.7 Å². The Bertz CT molecular complexity index is 578. The van der Waals surface area contributed by atoms with Crippen molar-refractivity contribution in [3.8, 4) is 0 Å². The molecule has 1 aromatic heterocycles. The predicted molar refractivity (Wildman–Crippen MR) is 67.2 cm³/mol. The SMILES string of the molecule is Cc1ccoc1CNc1c(Cl)cccc1C(F)(F)F. The van der Waals surface area contributed by atoms with Gasteiger partial charge in [-0.1, -0.05) is 17.7 Å². The minimum atomic E-state index is -4.45. The zero-order chi connectivity index (χ0) is 14.0. The fourth-order valence-corrected chi connectivity index (χ4v) is 1.94. The fourth-order valence-electron chi connectivity index (χ4n) is 1.69. The van der Waals surface area contributed by atoms with Crippen molar-refractivity contribution in [2.24, 2.45) is 0 Å². The molecule has 0 bridgehead atoms. The molecule has 2 rings (SSSR count). The number of halogens is 4. The van der Waals surface area contributed by atoms with Gasteiger partial charge in [0.1, 0.15) is 5.76 Å².